The maximum atomic E-state index is 10.6. The van der Waals surface area contributed by atoms with Crippen molar-refractivity contribution in [3.63, 3.8) is 0 Å². The number of benzene rings is 1. The lowest BCUT2D eigenvalue weighted by atomic mass is 10.2. The zero-order valence-corrected chi connectivity index (χ0v) is 11.0. The number of hydrogen-bond donors (Lipinski definition) is 1. The molecule has 2 aromatic rings. The van der Waals surface area contributed by atoms with Crippen LogP contribution in [0.2, 0.25) is 0 Å². The second kappa shape index (κ2) is 6.63. The van der Waals surface area contributed by atoms with Gasteiger partial charge in [-0.1, -0.05) is 30.3 Å². The first kappa shape index (κ1) is 14.0. The minimum absolute atomic E-state index is 0.0128. The van der Waals surface area contributed by atoms with Crippen LogP contribution in [0.15, 0.2) is 48.7 Å². The molecule has 2 rings (SSSR count). The number of aromatic nitrogens is 1. The van der Waals surface area contributed by atoms with Gasteiger partial charge in [-0.15, -0.1) is 0 Å². The molecule has 0 spiro atoms. The van der Waals surface area contributed by atoms with Crippen molar-refractivity contribution >= 4 is 11.5 Å². The smallest absolute Gasteiger partial charge is 0.287 e. The molecular formula is C14H16N4O2. The third-order valence-electron chi connectivity index (χ3n) is 2.88. The summed E-state index contributed by atoms with van der Waals surface area (Å²) in [6.07, 6.45) is 1.27. The number of nitrogens with two attached hydrogens (primary N) is 1. The van der Waals surface area contributed by atoms with Gasteiger partial charge >= 0.3 is 0 Å². The van der Waals surface area contributed by atoms with Crippen LogP contribution in [0.5, 0.6) is 0 Å². The van der Waals surface area contributed by atoms with E-state index in [1.165, 1.54) is 12.3 Å². The molecule has 0 radical (unpaired) electrons. The van der Waals surface area contributed by atoms with Crippen LogP contribution in [0.4, 0.5) is 11.5 Å². The summed E-state index contributed by atoms with van der Waals surface area (Å²) in [6.45, 7) is 1.80. The topological polar surface area (TPSA) is 85.3 Å². The molecule has 0 saturated heterocycles. The van der Waals surface area contributed by atoms with E-state index in [0.717, 1.165) is 5.56 Å². The predicted molar refractivity (Wildman–Crippen MR) is 77.4 cm³/mol. The minimum Gasteiger partial charge on any atom is -0.351 e. The number of hydrogen-bond acceptors (Lipinski definition) is 5. The number of rotatable bonds is 6. The Kier molecular flexibility index (Phi) is 4.62. The van der Waals surface area contributed by atoms with E-state index < -0.39 is 4.92 Å². The molecule has 20 heavy (non-hydrogen) atoms. The molecule has 0 fully saturated rings. The summed E-state index contributed by atoms with van der Waals surface area (Å²) in [5.41, 5.74) is 6.75. The van der Waals surface area contributed by atoms with Gasteiger partial charge in [-0.05, 0) is 11.6 Å². The first-order chi connectivity index (χ1) is 9.70. The summed E-state index contributed by atoms with van der Waals surface area (Å²) in [6, 6.07) is 13.1. The molecule has 1 heterocycles. The van der Waals surface area contributed by atoms with Gasteiger partial charge in [0.15, 0.2) is 0 Å². The van der Waals surface area contributed by atoms with Crippen LogP contribution in [0.25, 0.3) is 0 Å². The van der Waals surface area contributed by atoms with Gasteiger partial charge in [0.25, 0.3) is 5.69 Å². The van der Waals surface area contributed by atoms with Crippen LogP contribution in [0.1, 0.15) is 5.56 Å². The first-order valence-electron chi connectivity index (χ1n) is 6.30. The van der Waals surface area contributed by atoms with Crippen molar-refractivity contribution < 1.29 is 4.92 Å². The third kappa shape index (κ3) is 3.52. The van der Waals surface area contributed by atoms with Gasteiger partial charge in [0.1, 0.15) is 12.0 Å². The molecule has 0 aliphatic heterocycles. The van der Waals surface area contributed by atoms with Crippen molar-refractivity contribution in [2.24, 2.45) is 5.73 Å². The van der Waals surface area contributed by atoms with Crippen molar-refractivity contribution in [3.8, 4) is 0 Å². The second-order valence-electron chi connectivity index (χ2n) is 4.33. The highest BCUT2D eigenvalue weighted by atomic mass is 16.6. The highest BCUT2D eigenvalue weighted by Crippen LogP contribution is 2.17. The molecule has 0 aliphatic carbocycles. The molecular weight excluding hydrogens is 256 g/mol. The van der Waals surface area contributed by atoms with Crippen LogP contribution in [-0.2, 0) is 6.54 Å². The fraction of sp³-hybridized carbons (Fsp3) is 0.214. The van der Waals surface area contributed by atoms with Crippen molar-refractivity contribution in [2.75, 3.05) is 18.0 Å². The Balaban J connectivity index is 2.17. The summed E-state index contributed by atoms with van der Waals surface area (Å²) in [4.78, 5) is 16.3. The van der Waals surface area contributed by atoms with Gasteiger partial charge in [0, 0.05) is 25.7 Å². The number of nitro groups is 1. The summed E-state index contributed by atoms with van der Waals surface area (Å²) in [7, 11) is 0. The molecule has 1 aromatic carbocycles. The van der Waals surface area contributed by atoms with Gasteiger partial charge in [-0.3, -0.25) is 10.1 Å². The largest absolute Gasteiger partial charge is 0.351 e. The van der Waals surface area contributed by atoms with E-state index >= 15 is 0 Å². The molecule has 0 saturated carbocycles. The summed E-state index contributed by atoms with van der Waals surface area (Å²) >= 11 is 0. The zero-order chi connectivity index (χ0) is 14.4. The molecule has 0 unspecified atom stereocenters. The lowest BCUT2D eigenvalue weighted by molar-refractivity contribution is -0.385. The zero-order valence-electron chi connectivity index (χ0n) is 11.0. The third-order valence-corrected chi connectivity index (χ3v) is 2.88. The van der Waals surface area contributed by atoms with Crippen LogP contribution < -0.4 is 10.6 Å². The molecule has 6 heteroatoms. The molecule has 0 bridgehead atoms. The Bertz CT molecular complexity index is 557. The van der Waals surface area contributed by atoms with Crippen LogP contribution in [-0.4, -0.2) is 23.0 Å². The van der Waals surface area contributed by atoms with E-state index in [0.29, 0.717) is 25.5 Å². The monoisotopic (exact) mass is 272 g/mol. The van der Waals surface area contributed by atoms with Crippen molar-refractivity contribution in [1.29, 1.82) is 0 Å². The van der Waals surface area contributed by atoms with Crippen molar-refractivity contribution in [3.05, 3.63) is 64.3 Å². The highest BCUT2D eigenvalue weighted by Gasteiger charge is 2.11. The van der Waals surface area contributed by atoms with Crippen molar-refractivity contribution in [2.45, 2.75) is 6.54 Å². The minimum atomic E-state index is -0.457. The number of pyridine rings is 1. The summed E-state index contributed by atoms with van der Waals surface area (Å²) in [5, 5.41) is 10.6. The van der Waals surface area contributed by atoms with E-state index in [1.54, 1.807) is 6.07 Å². The maximum absolute atomic E-state index is 10.6. The summed E-state index contributed by atoms with van der Waals surface area (Å²) < 4.78 is 0. The predicted octanol–water partition coefficient (Wildman–Crippen LogP) is 1.96. The molecule has 1 aromatic heterocycles. The highest BCUT2D eigenvalue weighted by molar-refractivity contribution is 5.43. The molecule has 0 amide bonds. The van der Waals surface area contributed by atoms with Gasteiger partial charge in [0.05, 0.1) is 4.92 Å². The SMILES string of the molecule is NCCN(Cc1ccccc1)c1ccc([N+](=O)[O-])cn1. The van der Waals surface area contributed by atoms with E-state index in [-0.39, 0.29) is 5.69 Å². The van der Waals surface area contributed by atoms with E-state index in [4.69, 9.17) is 5.73 Å². The molecule has 104 valence electrons. The Labute approximate surface area is 117 Å². The maximum Gasteiger partial charge on any atom is 0.287 e. The lowest BCUT2D eigenvalue weighted by Gasteiger charge is -2.23. The first-order valence-corrected chi connectivity index (χ1v) is 6.30. The summed E-state index contributed by atoms with van der Waals surface area (Å²) in [5.74, 6) is 0.685. The quantitative estimate of drug-likeness (QED) is 0.641. The normalized spacial score (nSPS) is 10.2. The fourth-order valence-corrected chi connectivity index (χ4v) is 1.91. The van der Waals surface area contributed by atoms with Crippen LogP contribution >= 0.6 is 0 Å². The average Bonchev–Trinajstić information content (AvgIpc) is 2.48. The Hall–Kier alpha value is -2.47. The van der Waals surface area contributed by atoms with Crippen LogP contribution in [0, 0.1) is 10.1 Å². The standard InChI is InChI=1S/C14H16N4O2/c15-8-9-17(11-12-4-2-1-3-5-12)14-7-6-13(10-16-14)18(19)20/h1-7,10H,8-9,11,15H2. The average molecular weight is 272 g/mol. The number of anilines is 1. The van der Waals surface area contributed by atoms with E-state index in [1.807, 2.05) is 35.2 Å². The lowest BCUT2D eigenvalue weighted by Crippen LogP contribution is -2.29. The molecule has 2 N–H and O–H groups in total. The van der Waals surface area contributed by atoms with Crippen molar-refractivity contribution in [1.82, 2.24) is 4.98 Å². The Morgan fingerprint density at radius 1 is 1.20 bits per heavy atom. The van der Waals surface area contributed by atoms with Crippen LogP contribution in [0.3, 0.4) is 0 Å². The Morgan fingerprint density at radius 2 is 1.95 bits per heavy atom. The molecule has 0 aliphatic rings. The second-order valence-corrected chi connectivity index (χ2v) is 4.33. The van der Waals surface area contributed by atoms with Gasteiger partial charge < -0.3 is 10.6 Å². The fourth-order valence-electron chi connectivity index (χ4n) is 1.91. The van der Waals surface area contributed by atoms with E-state index in [9.17, 15) is 10.1 Å². The number of nitrogens with zero attached hydrogens (tertiary/aromatic N) is 3. The van der Waals surface area contributed by atoms with Gasteiger partial charge in [-0.2, -0.15) is 0 Å². The molecule has 0 atom stereocenters. The van der Waals surface area contributed by atoms with E-state index in [2.05, 4.69) is 4.98 Å². The van der Waals surface area contributed by atoms with Gasteiger partial charge in [0.2, 0.25) is 0 Å². The Morgan fingerprint density at radius 3 is 2.50 bits per heavy atom. The van der Waals surface area contributed by atoms with Gasteiger partial charge in [-0.25, -0.2) is 4.98 Å². The molecule has 6 nitrogen and oxygen atoms in total.